The fraction of sp³-hybridized carbons (Fsp3) is 0.400. The number of pyridine rings is 1. The SMILES string of the molecule is CC(=O)c1cncc(C=CCNC(=O)OC(C)(C)C)c1. The second-order valence-corrected chi connectivity index (χ2v) is 5.35. The van der Waals surface area contributed by atoms with Crippen molar-refractivity contribution < 1.29 is 14.3 Å². The first-order valence-corrected chi connectivity index (χ1v) is 6.37. The van der Waals surface area contributed by atoms with Gasteiger partial charge in [-0.1, -0.05) is 12.2 Å². The van der Waals surface area contributed by atoms with Gasteiger partial charge in [-0.3, -0.25) is 9.78 Å². The third-order valence-electron chi connectivity index (χ3n) is 2.24. The van der Waals surface area contributed by atoms with Gasteiger partial charge in [-0.15, -0.1) is 0 Å². The fourth-order valence-corrected chi connectivity index (χ4v) is 1.39. The van der Waals surface area contributed by atoms with Gasteiger partial charge in [0.05, 0.1) is 0 Å². The zero-order valence-corrected chi connectivity index (χ0v) is 12.3. The standard InChI is InChI=1S/C15H20N2O3/c1-11(18)13-8-12(9-16-10-13)6-5-7-17-14(19)20-15(2,3)4/h5-6,8-10H,7H2,1-4H3,(H,17,19). The summed E-state index contributed by atoms with van der Waals surface area (Å²) in [6.45, 7) is 7.26. The zero-order valence-electron chi connectivity index (χ0n) is 12.3. The third kappa shape index (κ3) is 6.13. The average Bonchev–Trinajstić information content (AvgIpc) is 2.33. The van der Waals surface area contributed by atoms with Crippen LogP contribution in [-0.2, 0) is 4.74 Å². The summed E-state index contributed by atoms with van der Waals surface area (Å²) >= 11 is 0. The van der Waals surface area contributed by atoms with Gasteiger partial charge >= 0.3 is 6.09 Å². The first kappa shape index (κ1) is 15.9. The first-order chi connectivity index (χ1) is 9.28. The number of aromatic nitrogens is 1. The highest BCUT2D eigenvalue weighted by Crippen LogP contribution is 2.07. The van der Waals surface area contributed by atoms with Crippen molar-refractivity contribution in [1.82, 2.24) is 10.3 Å². The summed E-state index contributed by atoms with van der Waals surface area (Å²) in [6, 6.07) is 1.75. The molecule has 0 aliphatic heterocycles. The Morgan fingerprint density at radius 2 is 2.05 bits per heavy atom. The van der Waals surface area contributed by atoms with E-state index in [2.05, 4.69) is 10.3 Å². The van der Waals surface area contributed by atoms with E-state index in [9.17, 15) is 9.59 Å². The number of amides is 1. The summed E-state index contributed by atoms with van der Waals surface area (Å²) in [5.74, 6) is -0.0281. The minimum absolute atomic E-state index is 0.0281. The van der Waals surface area contributed by atoms with Crippen molar-refractivity contribution in [3.63, 3.8) is 0 Å². The van der Waals surface area contributed by atoms with Crippen LogP contribution >= 0.6 is 0 Å². The van der Waals surface area contributed by atoms with Crippen molar-refractivity contribution >= 4 is 18.0 Å². The minimum Gasteiger partial charge on any atom is -0.444 e. The van der Waals surface area contributed by atoms with E-state index < -0.39 is 11.7 Å². The maximum Gasteiger partial charge on any atom is 0.407 e. The molecule has 1 heterocycles. The number of hydrogen-bond acceptors (Lipinski definition) is 4. The van der Waals surface area contributed by atoms with Crippen LogP contribution in [-0.4, -0.2) is 29.0 Å². The van der Waals surface area contributed by atoms with Gasteiger partial charge < -0.3 is 10.1 Å². The highest BCUT2D eigenvalue weighted by molar-refractivity contribution is 5.94. The largest absolute Gasteiger partial charge is 0.444 e. The van der Waals surface area contributed by atoms with Gasteiger partial charge in [-0.25, -0.2) is 4.79 Å². The maximum absolute atomic E-state index is 11.4. The molecule has 1 aromatic rings. The van der Waals surface area contributed by atoms with Crippen molar-refractivity contribution in [2.45, 2.75) is 33.3 Å². The molecule has 0 fully saturated rings. The lowest BCUT2D eigenvalue weighted by atomic mass is 10.1. The molecule has 1 amide bonds. The molecular formula is C15H20N2O3. The summed E-state index contributed by atoms with van der Waals surface area (Å²) in [5.41, 5.74) is 0.865. The zero-order chi connectivity index (χ0) is 15.2. The minimum atomic E-state index is -0.506. The van der Waals surface area contributed by atoms with E-state index in [1.165, 1.54) is 13.1 Å². The molecule has 0 aromatic carbocycles. The molecule has 0 aliphatic carbocycles. The second kappa shape index (κ2) is 6.84. The Morgan fingerprint density at radius 1 is 1.35 bits per heavy atom. The molecule has 0 saturated carbocycles. The lowest BCUT2D eigenvalue weighted by molar-refractivity contribution is 0.0534. The van der Waals surface area contributed by atoms with Crippen LogP contribution in [0.25, 0.3) is 6.08 Å². The number of carbonyl (C=O) groups excluding carboxylic acids is 2. The van der Waals surface area contributed by atoms with E-state index in [-0.39, 0.29) is 5.78 Å². The van der Waals surface area contributed by atoms with Gasteiger partial charge in [0.15, 0.2) is 5.78 Å². The number of alkyl carbamates (subject to hydrolysis) is 1. The number of nitrogens with zero attached hydrogens (tertiary/aromatic N) is 1. The van der Waals surface area contributed by atoms with Gasteiger partial charge in [0, 0.05) is 24.5 Å². The van der Waals surface area contributed by atoms with Crippen molar-refractivity contribution in [3.8, 4) is 0 Å². The number of ketones is 1. The molecule has 0 radical (unpaired) electrons. The predicted octanol–water partition coefficient (Wildman–Crippen LogP) is 2.82. The molecule has 0 spiro atoms. The molecule has 0 atom stereocenters. The van der Waals surface area contributed by atoms with Crippen molar-refractivity contribution in [3.05, 3.63) is 35.7 Å². The molecule has 108 valence electrons. The van der Waals surface area contributed by atoms with E-state index in [0.717, 1.165) is 5.56 Å². The van der Waals surface area contributed by atoms with E-state index in [1.54, 1.807) is 45.2 Å². The van der Waals surface area contributed by atoms with Crippen LogP contribution in [0.3, 0.4) is 0 Å². The van der Waals surface area contributed by atoms with E-state index in [1.807, 2.05) is 0 Å². The van der Waals surface area contributed by atoms with Crippen LogP contribution in [0.15, 0.2) is 24.5 Å². The molecule has 20 heavy (non-hydrogen) atoms. The molecule has 5 nitrogen and oxygen atoms in total. The monoisotopic (exact) mass is 276 g/mol. The lowest BCUT2D eigenvalue weighted by Crippen LogP contribution is -2.32. The van der Waals surface area contributed by atoms with Crippen LogP contribution < -0.4 is 5.32 Å². The summed E-state index contributed by atoms with van der Waals surface area (Å²) in [5, 5.41) is 2.61. The van der Waals surface area contributed by atoms with E-state index in [4.69, 9.17) is 4.74 Å². The molecular weight excluding hydrogens is 256 g/mol. The molecule has 1 aromatic heterocycles. The van der Waals surface area contributed by atoms with E-state index >= 15 is 0 Å². The number of ether oxygens (including phenoxy) is 1. The van der Waals surface area contributed by atoms with Gasteiger partial charge in [-0.05, 0) is 39.3 Å². The topological polar surface area (TPSA) is 68.3 Å². The van der Waals surface area contributed by atoms with Gasteiger partial charge in [0.25, 0.3) is 0 Å². The van der Waals surface area contributed by atoms with Crippen LogP contribution in [0.1, 0.15) is 43.6 Å². The second-order valence-electron chi connectivity index (χ2n) is 5.35. The Bertz CT molecular complexity index is 516. The van der Waals surface area contributed by atoms with Gasteiger partial charge in [0.1, 0.15) is 5.60 Å². The molecule has 5 heteroatoms. The number of rotatable bonds is 4. The normalized spacial score (nSPS) is 11.4. The Hall–Kier alpha value is -2.17. The number of hydrogen-bond donors (Lipinski definition) is 1. The van der Waals surface area contributed by atoms with E-state index in [0.29, 0.717) is 12.1 Å². The highest BCUT2D eigenvalue weighted by atomic mass is 16.6. The third-order valence-corrected chi connectivity index (χ3v) is 2.24. The molecule has 0 aliphatic rings. The summed E-state index contributed by atoms with van der Waals surface area (Å²) in [6.07, 6.45) is 6.27. The van der Waals surface area contributed by atoms with Crippen molar-refractivity contribution in [2.75, 3.05) is 6.54 Å². The number of nitrogens with one attached hydrogen (secondary N) is 1. The van der Waals surface area contributed by atoms with Gasteiger partial charge in [0.2, 0.25) is 0 Å². The van der Waals surface area contributed by atoms with Crippen LogP contribution in [0.5, 0.6) is 0 Å². The Labute approximate surface area is 119 Å². The molecule has 0 bridgehead atoms. The molecule has 0 unspecified atom stereocenters. The summed E-state index contributed by atoms with van der Waals surface area (Å²) in [4.78, 5) is 26.6. The van der Waals surface area contributed by atoms with Crippen LogP contribution in [0.4, 0.5) is 4.79 Å². The lowest BCUT2D eigenvalue weighted by Gasteiger charge is -2.19. The average molecular weight is 276 g/mol. The quantitative estimate of drug-likeness (QED) is 0.859. The Morgan fingerprint density at radius 3 is 2.65 bits per heavy atom. The highest BCUT2D eigenvalue weighted by Gasteiger charge is 2.14. The van der Waals surface area contributed by atoms with Crippen LogP contribution in [0.2, 0.25) is 0 Å². The predicted molar refractivity (Wildman–Crippen MR) is 77.5 cm³/mol. The van der Waals surface area contributed by atoms with Crippen molar-refractivity contribution in [1.29, 1.82) is 0 Å². The van der Waals surface area contributed by atoms with Crippen molar-refractivity contribution in [2.24, 2.45) is 0 Å². The smallest absolute Gasteiger partial charge is 0.407 e. The summed E-state index contributed by atoms with van der Waals surface area (Å²) in [7, 11) is 0. The van der Waals surface area contributed by atoms with Crippen LogP contribution in [0, 0.1) is 0 Å². The Balaban J connectivity index is 2.47. The van der Waals surface area contributed by atoms with Gasteiger partial charge in [-0.2, -0.15) is 0 Å². The summed E-state index contributed by atoms with van der Waals surface area (Å²) < 4.78 is 5.10. The molecule has 1 rings (SSSR count). The fourth-order valence-electron chi connectivity index (χ4n) is 1.39. The first-order valence-electron chi connectivity index (χ1n) is 6.37. The maximum atomic E-state index is 11.4. The Kier molecular flexibility index (Phi) is 5.43. The molecule has 1 N–H and O–H groups in total. The number of carbonyl (C=O) groups is 2. The molecule has 0 saturated heterocycles. The number of Topliss-reactive ketones (excluding diaryl/α,β-unsaturated/α-hetero) is 1.